The molecule has 2 aromatic rings. The first-order valence-electron chi connectivity index (χ1n) is 10.3. The van der Waals surface area contributed by atoms with Crippen molar-refractivity contribution in [3.05, 3.63) is 47.8 Å². The molecular weight excluding hydrogens is 423 g/mol. The number of rotatable bonds is 6. The van der Waals surface area contributed by atoms with Crippen molar-refractivity contribution in [1.82, 2.24) is 9.78 Å². The molecular formula is C22H30F3N3O2Si. The molecule has 0 amide bonds. The van der Waals surface area contributed by atoms with Gasteiger partial charge in [0.25, 0.3) is 0 Å². The zero-order valence-electron chi connectivity index (χ0n) is 18.6. The minimum absolute atomic E-state index is 0.0817. The summed E-state index contributed by atoms with van der Waals surface area (Å²) in [6.45, 7) is 11.7. The van der Waals surface area contributed by atoms with Crippen LogP contribution in [0.1, 0.15) is 26.3 Å². The molecule has 1 N–H and O–H groups in total. The van der Waals surface area contributed by atoms with E-state index in [1.807, 2.05) is 6.20 Å². The highest BCUT2D eigenvalue weighted by molar-refractivity contribution is 6.74. The van der Waals surface area contributed by atoms with Crippen LogP contribution in [0.5, 0.6) is 0 Å². The highest BCUT2D eigenvalue weighted by Crippen LogP contribution is 2.38. The fourth-order valence-electron chi connectivity index (χ4n) is 3.25. The van der Waals surface area contributed by atoms with E-state index in [9.17, 15) is 18.3 Å². The highest BCUT2D eigenvalue weighted by Gasteiger charge is 2.39. The third kappa shape index (κ3) is 5.04. The van der Waals surface area contributed by atoms with Crippen molar-refractivity contribution in [3.8, 4) is 0 Å². The lowest BCUT2D eigenvalue weighted by molar-refractivity contribution is -0.0933. The molecule has 31 heavy (non-hydrogen) atoms. The molecule has 0 atom stereocenters. The van der Waals surface area contributed by atoms with Gasteiger partial charge in [-0.25, -0.2) is 0 Å². The lowest BCUT2D eigenvalue weighted by atomic mass is 10.1. The van der Waals surface area contributed by atoms with Crippen molar-refractivity contribution in [3.63, 3.8) is 0 Å². The second-order valence-corrected chi connectivity index (χ2v) is 14.1. The molecule has 5 nitrogen and oxygen atoms in total. The van der Waals surface area contributed by atoms with E-state index >= 15 is 0 Å². The number of hydrogen-bond acceptors (Lipinski definition) is 4. The van der Waals surface area contributed by atoms with Gasteiger partial charge in [0.05, 0.1) is 25.3 Å². The number of halogens is 3. The second-order valence-electron chi connectivity index (χ2n) is 9.29. The lowest BCUT2D eigenvalue weighted by Gasteiger charge is -2.36. The van der Waals surface area contributed by atoms with Gasteiger partial charge in [-0.15, -0.1) is 0 Å². The summed E-state index contributed by atoms with van der Waals surface area (Å²) < 4.78 is 48.5. The quantitative estimate of drug-likeness (QED) is 0.597. The molecule has 0 spiro atoms. The van der Waals surface area contributed by atoms with E-state index < -0.39 is 20.2 Å². The van der Waals surface area contributed by atoms with Crippen molar-refractivity contribution >= 4 is 24.9 Å². The summed E-state index contributed by atoms with van der Waals surface area (Å²) in [4.78, 5) is 1.18. The van der Waals surface area contributed by atoms with Crippen LogP contribution in [0.3, 0.4) is 0 Å². The average Bonchev–Trinajstić information content (AvgIpc) is 3.06. The maximum absolute atomic E-state index is 13.5. The minimum Gasteiger partial charge on any atom is -0.415 e. The number of hydrogen-bond donors (Lipinski definition) is 1. The van der Waals surface area contributed by atoms with Gasteiger partial charge in [0.15, 0.2) is 8.32 Å². The number of aromatic nitrogens is 2. The van der Waals surface area contributed by atoms with Crippen molar-refractivity contribution in [2.45, 2.75) is 58.2 Å². The lowest BCUT2D eigenvalue weighted by Crippen LogP contribution is -2.41. The van der Waals surface area contributed by atoms with E-state index in [0.29, 0.717) is 29.9 Å². The smallest absolute Gasteiger partial charge is 0.415 e. The van der Waals surface area contributed by atoms with Crippen LogP contribution in [-0.2, 0) is 17.6 Å². The molecule has 170 valence electrons. The Morgan fingerprint density at radius 2 is 1.90 bits per heavy atom. The number of nitrogens with zero attached hydrogens (tertiary/aromatic N) is 3. The summed E-state index contributed by atoms with van der Waals surface area (Å²) in [6, 6.07) is 3.32. The van der Waals surface area contributed by atoms with Gasteiger partial charge in [0, 0.05) is 29.4 Å². The van der Waals surface area contributed by atoms with Crippen LogP contribution >= 0.6 is 0 Å². The van der Waals surface area contributed by atoms with E-state index in [2.05, 4.69) is 39.0 Å². The van der Waals surface area contributed by atoms with E-state index in [4.69, 9.17) is 4.43 Å². The van der Waals surface area contributed by atoms with Gasteiger partial charge in [-0.1, -0.05) is 32.9 Å². The Hall–Kier alpha value is -2.10. The van der Waals surface area contributed by atoms with Crippen LogP contribution in [0, 0.1) is 0 Å². The molecule has 1 aliphatic heterocycles. The predicted molar refractivity (Wildman–Crippen MR) is 119 cm³/mol. The molecule has 0 radical (unpaired) electrons. The summed E-state index contributed by atoms with van der Waals surface area (Å²) in [6.07, 6.45) is 1.43. The Bertz CT molecular complexity index is 1000. The second kappa shape index (κ2) is 8.44. The van der Waals surface area contributed by atoms with Crippen LogP contribution in [0.15, 0.2) is 42.3 Å². The maximum Gasteiger partial charge on any atom is 0.431 e. The fourth-order valence-corrected chi connectivity index (χ4v) is 4.28. The third-order valence-electron chi connectivity index (χ3n) is 6.06. The number of benzene rings is 1. The van der Waals surface area contributed by atoms with Crippen LogP contribution < -0.4 is 4.90 Å². The number of anilines is 1. The monoisotopic (exact) mass is 453 g/mol. The van der Waals surface area contributed by atoms with Gasteiger partial charge in [0.2, 0.25) is 0 Å². The van der Waals surface area contributed by atoms with Gasteiger partial charge in [-0.05, 0) is 36.3 Å². The third-order valence-corrected chi connectivity index (χ3v) is 10.6. The molecule has 0 aliphatic carbocycles. The van der Waals surface area contributed by atoms with Crippen LogP contribution in [0.2, 0.25) is 18.1 Å². The van der Waals surface area contributed by atoms with Crippen LogP contribution in [0.25, 0.3) is 10.9 Å². The standard InChI is InChI=1S/C22H30F3N3O2Si/c1-21(2,3)31(4,5)30-11-10-27-14-16-13-19(17(15-29)12-18(16)26-27)28-9-7-6-8-20(28)22(23,24)25/h6-8,12-14,29H,9-11,15H2,1-5H3. The molecule has 1 aromatic carbocycles. The Labute approximate surface area is 181 Å². The van der Waals surface area contributed by atoms with E-state index in [1.54, 1.807) is 22.9 Å². The molecule has 0 saturated heterocycles. The Balaban J connectivity index is 1.86. The van der Waals surface area contributed by atoms with Crippen LogP contribution in [0.4, 0.5) is 18.9 Å². The van der Waals surface area contributed by atoms with Gasteiger partial charge < -0.3 is 14.4 Å². The zero-order chi connectivity index (χ0) is 23.0. The maximum atomic E-state index is 13.5. The number of aliphatic hydroxyl groups excluding tert-OH is 1. The average molecular weight is 454 g/mol. The number of aliphatic hydroxyl groups is 1. The molecule has 0 unspecified atom stereocenters. The van der Waals surface area contributed by atoms with Gasteiger partial charge in [-0.3, -0.25) is 4.68 Å². The summed E-state index contributed by atoms with van der Waals surface area (Å²) in [7, 11) is -1.87. The SMILES string of the molecule is CC(C)(C)[Si](C)(C)OCCn1cc2cc(N3CC=CC=C3C(F)(F)F)c(CO)cc2n1. The van der Waals surface area contributed by atoms with Gasteiger partial charge >= 0.3 is 6.18 Å². The fraction of sp³-hybridized carbons (Fsp3) is 0.500. The highest BCUT2D eigenvalue weighted by atomic mass is 28.4. The first-order valence-corrected chi connectivity index (χ1v) is 13.2. The summed E-state index contributed by atoms with van der Waals surface area (Å²) in [5.74, 6) is 0. The summed E-state index contributed by atoms with van der Waals surface area (Å²) in [5.41, 5.74) is 0.616. The minimum atomic E-state index is -4.49. The summed E-state index contributed by atoms with van der Waals surface area (Å²) in [5, 5.41) is 15.2. The van der Waals surface area contributed by atoms with Crippen molar-refractivity contribution < 1.29 is 22.7 Å². The zero-order valence-corrected chi connectivity index (χ0v) is 19.6. The largest absolute Gasteiger partial charge is 0.431 e. The molecule has 9 heteroatoms. The van der Waals surface area contributed by atoms with Crippen molar-refractivity contribution in [2.24, 2.45) is 0 Å². The van der Waals surface area contributed by atoms with E-state index in [1.165, 1.54) is 11.0 Å². The molecule has 0 saturated carbocycles. The predicted octanol–water partition coefficient (Wildman–Crippen LogP) is 5.37. The van der Waals surface area contributed by atoms with Gasteiger partial charge in [0.1, 0.15) is 5.70 Å². The molecule has 0 fully saturated rings. The Kier molecular flexibility index (Phi) is 6.41. The van der Waals surface area contributed by atoms with Gasteiger partial charge in [-0.2, -0.15) is 18.3 Å². The number of allylic oxidation sites excluding steroid dienone is 3. The molecule has 2 heterocycles. The van der Waals surface area contributed by atoms with Crippen LogP contribution in [-0.4, -0.2) is 42.5 Å². The molecule has 1 aromatic heterocycles. The number of alkyl halides is 3. The van der Waals surface area contributed by atoms with Crippen molar-refractivity contribution in [2.75, 3.05) is 18.1 Å². The number of fused-ring (bicyclic) bond motifs is 1. The van der Waals surface area contributed by atoms with E-state index in [0.717, 1.165) is 11.5 Å². The summed E-state index contributed by atoms with van der Waals surface area (Å²) >= 11 is 0. The molecule has 1 aliphatic rings. The van der Waals surface area contributed by atoms with E-state index in [-0.39, 0.29) is 18.2 Å². The Morgan fingerprint density at radius 3 is 2.52 bits per heavy atom. The normalized spacial score (nSPS) is 15.6. The molecule has 3 rings (SSSR count). The first-order chi connectivity index (χ1) is 14.3. The molecule has 0 bridgehead atoms. The first kappa shape index (κ1) is 23.6. The topological polar surface area (TPSA) is 50.5 Å². The Morgan fingerprint density at radius 1 is 1.19 bits per heavy atom. The van der Waals surface area contributed by atoms with Crippen molar-refractivity contribution in [1.29, 1.82) is 0 Å².